The van der Waals surface area contributed by atoms with Gasteiger partial charge in [0.25, 0.3) is 0 Å². The van der Waals surface area contributed by atoms with Crippen molar-refractivity contribution < 1.29 is 0 Å². The monoisotopic (exact) mass is 235 g/mol. The van der Waals surface area contributed by atoms with Gasteiger partial charge in [-0.1, -0.05) is 0 Å². The van der Waals surface area contributed by atoms with Crippen molar-refractivity contribution in [1.29, 1.82) is 0 Å². The molecule has 1 saturated heterocycles. The molecule has 1 aliphatic heterocycles. The molecule has 0 aromatic carbocycles. The highest BCUT2D eigenvalue weighted by molar-refractivity contribution is 5.85. The summed E-state index contributed by atoms with van der Waals surface area (Å²) in [7, 11) is 2.24. The van der Waals surface area contributed by atoms with Gasteiger partial charge in [0.05, 0.1) is 0 Å². The lowest BCUT2D eigenvalue weighted by Gasteiger charge is -2.38. The molecule has 0 aromatic rings. The minimum Gasteiger partial charge on any atom is -0.329 e. The largest absolute Gasteiger partial charge is 0.329 e. The van der Waals surface area contributed by atoms with Crippen LogP contribution >= 0.6 is 12.4 Å². The van der Waals surface area contributed by atoms with Gasteiger partial charge < -0.3 is 15.5 Å². The van der Waals surface area contributed by atoms with Crippen LogP contribution in [0.2, 0.25) is 0 Å². The smallest absolute Gasteiger partial charge is 0.0119 e. The Morgan fingerprint density at radius 1 is 1.33 bits per heavy atom. The Kier molecular flexibility index (Phi) is 7.53. The van der Waals surface area contributed by atoms with Gasteiger partial charge in [-0.3, -0.25) is 0 Å². The normalized spacial score (nSPS) is 19.6. The van der Waals surface area contributed by atoms with Gasteiger partial charge in [-0.25, -0.2) is 0 Å². The molecule has 0 atom stereocenters. The van der Waals surface area contributed by atoms with Crippen molar-refractivity contribution in [2.45, 2.75) is 38.8 Å². The summed E-state index contributed by atoms with van der Waals surface area (Å²) in [6.07, 6.45) is 2.60. The highest BCUT2D eigenvalue weighted by Crippen LogP contribution is 2.16. The van der Waals surface area contributed by atoms with Gasteiger partial charge in [-0.05, 0) is 46.8 Å². The van der Waals surface area contributed by atoms with Gasteiger partial charge >= 0.3 is 0 Å². The zero-order valence-electron chi connectivity index (χ0n) is 10.3. The molecular formula is C11H26ClN3. The fraction of sp³-hybridized carbons (Fsp3) is 1.00. The van der Waals surface area contributed by atoms with E-state index in [0.717, 1.165) is 19.1 Å². The van der Waals surface area contributed by atoms with E-state index in [1.807, 2.05) is 0 Å². The summed E-state index contributed by atoms with van der Waals surface area (Å²) in [5, 5.41) is 0. The first-order valence-electron chi connectivity index (χ1n) is 5.79. The van der Waals surface area contributed by atoms with Crippen molar-refractivity contribution in [2.24, 2.45) is 5.73 Å². The summed E-state index contributed by atoms with van der Waals surface area (Å²) < 4.78 is 0. The lowest BCUT2D eigenvalue weighted by atomic mass is 10.0. The average molecular weight is 236 g/mol. The van der Waals surface area contributed by atoms with E-state index in [9.17, 15) is 0 Å². The van der Waals surface area contributed by atoms with Crippen LogP contribution in [0, 0.1) is 0 Å². The van der Waals surface area contributed by atoms with Crippen molar-refractivity contribution in [3.8, 4) is 0 Å². The predicted molar refractivity (Wildman–Crippen MR) is 68.7 cm³/mol. The van der Waals surface area contributed by atoms with E-state index in [2.05, 4.69) is 30.7 Å². The van der Waals surface area contributed by atoms with Gasteiger partial charge in [0.2, 0.25) is 0 Å². The number of nitrogens with zero attached hydrogens (tertiary/aromatic N) is 2. The van der Waals surface area contributed by atoms with Crippen LogP contribution in [-0.4, -0.2) is 55.1 Å². The maximum absolute atomic E-state index is 5.55. The Morgan fingerprint density at radius 3 is 2.27 bits per heavy atom. The average Bonchev–Trinajstić information content (AvgIpc) is 2.18. The van der Waals surface area contributed by atoms with E-state index < -0.39 is 0 Å². The maximum Gasteiger partial charge on any atom is 0.0119 e. The first-order chi connectivity index (χ1) is 6.65. The second kappa shape index (κ2) is 7.44. The summed E-state index contributed by atoms with van der Waals surface area (Å²) in [6, 6.07) is 1.45. The molecule has 0 unspecified atom stereocenters. The van der Waals surface area contributed by atoms with Crippen LogP contribution in [0.3, 0.4) is 0 Å². The van der Waals surface area contributed by atoms with E-state index in [1.54, 1.807) is 0 Å². The molecule has 1 rings (SSSR count). The van der Waals surface area contributed by atoms with E-state index in [4.69, 9.17) is 5.73 Å². The lowest BCUT2D eigenvalue weighted by molar-refractivity contribution is 0.109. The summed E-state index contributed by atoms with van der Waals surface area (Å²) in [5.41, 5.74) is 5.55. The molecule has 0 aliphatic carbocycles. The number of nitrogens with two attached hydrogens (primary N) is 1. The minimum atomic E-state index is 0. The van der Waals surface area contributed by atoms with Crippen LogP contribution in [0.5, 0.6) is 0 Å². The van der Waals surface area contributed by atoms with Crippen LogP contribution in [-0.2, 0) is 0 Å². The highest BCUT2D eigenvalue weighted by Gasteiger charge is 2.22. The Balaban J connectivity index is 0.00000196. The molecular weight excluding hydrogens is 210 g/mol. The number of likely N-dealkylation sites (tertiary alicyclic amines) is 1. The van der Waals surface area contributed by atoms with Crippen molar-refractivity contribution in [1.82, 2.24) is 9.80 Å². The van der Waals surface area contributed by atoms with Crippen molar-refractivity contribution in [3.63, 3.8) is 0 Å². The van der Waals surface area contributed by atoms with Crippen LogP contribution < -0.4 is 5.73 Å². The molecule has 3 nitrogen and oxygen atoms in total. The molecule has 1 fully saturated rings. The fourth-order valence-electron chi connectivity index (χ4n) is 2.15. The third kappa shape index (κ3) is 4.68. The topological polar surface area (TPSA) is 32.5 Å². The van der Waals surface area contributed by atoms with Gasteiger partial charge in [0.1, 0.15) is 0 Å². The van der Waals surface area contributed by atoms with Gasteiger partial charge in [0, 0.05) is 25.2 Å². The van der Waals surface area contributed by atoms with E-state index in [0.29, 0.717) is 6.04 Å². The molecule has 92 valence electrons. The first-order valence-corrected chi connectivity index (χ1v) is 5.79. The summed E-state index contributed by atoms with van der Waals surface area (Å²) in [4.78, 5) is 4.98. The SMILES string of the molecule is CC(C)N(C)C1CCN(CCN)CC1.Cl. The molecule has 1 heterocycles. The Bertz CT molecular complexity index is 156. The van der Waals surface area contributed by atoms with Crippen molar-refractivity contribution in [3.05, 3.63) is 0 Å². The predicted octanol–water partition coefficient (Wildman–Crippen LogP) is 1.17. The van der Waals surface area contributed by atoms with Gasteiger partial charge in [0.15, 0.2) is 0 Å². The van der Waals surface area contributed by atoms with Crippen LogP contribution in [0.1, 0.15) is 26.7 Å². The molecule has 2 N–H and O–H groups in total. The first kappa shape index (κ1) is 15.2. The van der Waals surface area contributed by atoms with E-state index in [-0.39, 0.29) is 12.4 Å². The molecule has 0 bridgehead atoms. The lowest BCUT2D eigenvalue weighted by Crippen LogP contribution is -2.46. The van der Waals surface area contributed by atoms with Crippen LogP contribution in [0.25, 0.3) is 0 Å². The van der Waals surface area contributed by atoms with Gasteiger partial charge in [-0.15, -0.1) is 12.4 Å². The molecule has 15 heavy (non-hydrogen) atoms. The maximum atomic E-state index is 5.55. The second-order valence-electron chi connectivity index (χ2n) is 4.62. The standard InChI is InChI=1S/C11H25N3.ClH/c1-10(2)13(3)11-4-7-14(8-5-11)9-6-12;/h10-11H,4-9,12H2,1-3H3;1H. The number of rotatable bonds is 4. The number of hydrogen-bond donors (Lipinski definition) is 1. The molecule has 0 amide bonds. The third-order valence-corrected chi connectivity index (χ3v) is 3.39. The highest BCUT2D eigenvalue weighted by atomic mass is 35.5. The zero-order valence-corrected chi connectivity index (χ0v) is 11.1. The third-order valence-electron chi connectivity index (χ3n) is 3.39. The number of piperidine rings is 1. The Hall–Kier alpha value is 0.170. The van der Waals surface area contributed by atoms with Crippen molar-refractivity contribution in [2.75, 3.05) is 33.2 Å². The fourth-order valence-corrected chi connectivity index (χ4v) is 2.15. The van der Waals surface area contributed by atoms with Crippen molar-refractivity contribution >= 4 is 12.4 Å². The molecule has 0 spiro atoms. The molecule has 0 saturated carbocycles. The summed E-state index contributed by atoms with van der Waals surface area (Å²) in [5.74, 6) is 0. The zero-order chi connectivity index (χ0) is 10.6. The van der Waals surface area contributed by atoms with E-state index >= 15 is 0 Å². The molecule has 4 heteroatoms. The van der Waals surface area contributed by atoms with E-state index in [1.165, 1.54) is 25.9 Å². The quantitative estimate of drug-likeness (QED) is 0.794. The van der Waals surface area contributed by atoms with Crippen LogP contribution in [0.4, 0.5) is 0 Å². The Labute approximate surface area is 100 Å². The minimum absolute atomic E-state index is 0. The van der Waals surface area contributed by atoms with Gasteiger partial charge in [-0.2, -0.15) is 0 Å². The Morgan fingerprint density at radius 2 is 1.87 bits per heavy atom. The number of hydrogen-bond acceptors (Lipinski definition) is 3. The van der Waals surface area contributed by atoms with Crippen LogP contribution in [0.15, 0.2) is 0 Å². The summed E-state index contributed by atoms with van der Waals surface area (Å²) in [6.45, 7) is 8.85. The summed E-state index contributed by atoms with van der Waals surface area (Å²) >= 11 is 0. The second-order valence-corrected chi connectivity index (χ2v) is 4.62. The molecule has 0 radical (unpaired) electrons. The molecule has 0 aromatic heterocycles. The number of halogens is 1. The molecule has 1 aliphatic rings.